The summed E-state index contributed by atoms with van der Waals surface area (Å²) >= 11 is 3.44. The van der Waals surface area contributed by atoms with Gasteiger partial charge in [-0.25, -0.2) is 4.98 Å². The van der Waals surface area contributed by atoms with Crippen molar-refractivity contribution >= 4 is 28.4 Å². The van der Waals surface area contributed by atoms with E-state index in [-0.39, 0.29) is 0 Å². The second kappa shape index (κ2) is 4.55. The van der Waals surface area contributed by atoms with Gasteiger partial charge in [0.1, 0.15) is 5.01 Å². The number of aromatic nitrogens is 1. The molecule has 0 fully saturated rings. The van der Waals surface area contributed by atoms with Crippen molar-refractivity contribution in [1.29, 1.82) is 0 Å². The van der Waals surface area contributed by atoms with E-state index in [1.807, 2.05) is 24.3 Å². The lowest BCUT2D eigenvalue weighted by molar-refractivity contribution is 1.39. The summed E-state index contributed by atoms with van der Waals surface area (Å²) in [5, 5.41) is 3.11. The number of benzene rings is 1. The third kappa shape index (κ3) is 2.05. The molecule has 0 aliphatic heterocycles. The number of nitrogen functional groups attached to an aromatic ring is 1. The molecule has 4 heteroatoms. The van der Waals surface area contributed by atoms with Crippen LogP contribution in [0.15, 0.2) is 41.8 Å². The molecule has 0 bridgehead atoms. The second-order valence-corrected chi connectivity index (χ2v) is 6.18. The highest BCUT2D eigenvalue weighted by Gasteiger charge is 2.11. The highest BCUT2D eigenvalue weighted by molar-refractivity contribution is 7.17. The van der Waals surface area contributed by atoms with E-state index in [9.17, 15) is 0 Å². The molecule has 3 aromatic rings. The smallest absolute Gasteiger partial charge is 0.124 e. The first-order valence-corrected chi connectivity index (χ1v) is 7.31. The van der Waals surface area contributed by atoms with Gasteiger partial charge in [0.15, 0.2) is 0 Å². The molecule has 0 saturated carbocycles. The fourth-order valence-electron chi connectivity index (χ4n) is 1.83. The molecule has 0 radical (unpaired) electrons. The molecular weight excluding hydrogens is 260 g/mol. The Bertz CT molecular complexity index is 669. The number of rotatable bonds is 2. The minimum atomic E-state index is 0.776. The van der Waals surface area contributed by atoms with Crippen LogP contribution in [0, 0.1) is 6.92 Å². The molecule has 2 aromatic heterocycles. The van der Waals surface area contributed by atoms with Crippen LogP contribution in [0.25, 0.3) is 21.1 Å². The maximum Gasteiger partial charge on any atom is 0.124 e. The number of hydrogen-bond donors (Lipinski definition) is 1. The van der Waals surface area contributed by atoms with Gasteiger partial charge in [0, 0.05) is 16.1 Å². The summed E-state index contributed by atoms with van der Waals surface area (Å²) in [6.45, 7) is 2.11. The summed E-state index contributed by atoms with van der Waals surface area (Å²) in [4.78, 5) is 7.20. The monoisotopic (exact) mass is 272 g/mol. The van der Waals surface area contributed by atoms with E-state index in [1.165, 1.54) is 9.75 Å². The van der Waals surface area contributed by atoms with E-state index in [1.54, 1.807) is 22.7 Å². The van der Waals surface area contributed by atoms with Gasteiger partial charge in [0.05, 0.1) is 10.6 Å². The van der Waals surface area contributed by atoms with Crippen molar-refractivity contribution in [2.45, 2.75) is 6.92 Å². The number of nitrogens with zero attached hydrogens (tertiary/aromatic N) is 1. The summed E-state index contributed by atoms with van der Waals surface area (Å²) in [7, 11) is 0. The van der Waals surface area contributed by atoms with Crippen LogP contribution in [0.4, 0.5) is 5.69 Å². The van der Waals surface area contributed by atoms with E-state index < -0.39 is 0 Å². The molecule has 0 spiro atoms. The molecule has 2 N–H and O–H groups in total. The molecule has 3 rings (SSSR count). The summed E-state index contributed by atoms with van der Waals surface area (Å²) in [6, 6.07) is 12.0. The minimum absolute atomic E-state index is 0.776. The van der Waals surface area contributed by atoms with Crippen LogP contribution >= 0.6 is 22.7 Å². The number of nitrogens with two attached hydrogens (primary N) is 1. The largest absolute Gasteiger partial charge is 0.399 e. The molecule has 0 aliphatic rings. The first-order valence-electron chi connectivity index (χ1n) is 5.61. The number of anilines is 1. The number of aryl methyl sites for hydroxylation is 1. The highest BCUT2D eigenvalue weighted by atomic mass is 32.1. The average Bonchev–Trinajstić information content (AvgIpc) is 2.97. The molecule has 0 atom stereocenters. The highest BCUT2D eigenvalue weighted by Crippen LogP contribution is 2.35. The molecule has 0 unspecified atom stereocenters. The van der Waals surface area contributed by atoms with E-state index in [2.05, 4.69) is 24.4 Å². The predicted molar refractivity (Wildman–Crippen MR) is 80.0 cm³/mol. The van der Waals surface area contributed by atoms with Crippen molar-refractivity contribution in [1.82, 2.24) is 4.98 Å². The number of hydrogen-bond acceptors (Lipinski definition) is 4. The fraction of sp³-hybridized carbons (Fsp3) is 0.0714. The van der Waals surface area contributed by atoms with E-state index >= 15 is 0 Å². The quantitative estimate of drug-likeness (QED) is 0.701. The van der Waals surface area contributed by atoms with Gasteiger partial charge in [-0.05, 0) is 30.5 Å². The first-order chi connectivity index (χ1) is 8.74. The van der Waals surface area contributed by atoms with Crippen LogP contribution in [-0.2, 0) is 0 Å². The lowest BCUT2D eigenvalue weighted by Crippen LogP contribution is -1.84. The fourth-order valence-corrected chi connectivity index (χ4v) is 3.59. The molecule has 90 valence electrons. The summed E-state index contributed by atoms with van der Waals surface area (Å²) < 4.78 is 0. The van der Waals surface area contributed by atoms with Crippen molar-refractivity contribution in [3.8, 4) is 21.1 Å². The van der Waals surface area contributed by atoms with Crippen molar-refractivity contribution in [3.63, 3.8) is 0 Å². The first kappa shape index (κ1) is 11.4. The Kier molecular flexibility index (Phi) is 2.89. The predicted octanol–water partition coefficient (Wildman–Crippen LogP) is 4.43. The van der Waals surface area contributed by atoms with Crippen LogP contribution in [0.2, 0.25) is 0 Å². The van der Waals surface area contributed by atoms with Crippen molar-refractivity contribution in [3.05, 3.63) is 46.7 Å². The Balaban J connectivity index is 2.08. The van der Waals surface area contributed by atoms with Gasteiger partial charge < -0.3 is 5.73 Å². The van der Waals surface area contributed by atoms with Crippen LogP contribution in [-0.4, -0.2) is 4.98 Å². The topological polar surface area (TPSA) is 38.9 Å². The third-order valence-electron chi connectivity index (χ3n) is 2.68. The standard InChI is InChI=1S/C14H12N2S2/c1-9-13(12-6-3-7-17-12)16-14(18-9)10-4-2-5-11(15)8-10/h2-8H,15H2,1H3. The lowest BCUT2D eigenvalue weighted by Gasteiger charge is -1.97. The van der Waals surface area contributed by atoms with Crippen molar-refractivity contribution in [2.24, 2.45) is 0 Å². The Hall–Kier alpha value is -1.65. The molecule has 0 amide bonds. The van der Waals surface area contributed by atoms with Crippen LogP contribution in [0.3, 0.4) is 0 Å². The van der Waals surface area contributed by atoms with Gasteiger partial charge in [0.2, 0.25) is 0 Å². The van der Waals surface area contributed by atoms with Crippen LogP contribution in [0.1, 0.15) is 4.88 Å². The summed E-state index contributed by atoms with van der Waals surface area (Å²) in [5.74, 6) is 0. The Morgan fingerprint density at radius 3 is 2.78 bits per heavy atom. The van der Waals surface area contributed by atoms with Gasteiger partial charge in [-0.2, -0.15) is 0 Å². The third-order valence-corrected chi connectivity index (χ3v) is 4.58. The number of thiophene rings is 1. The maximum absolute atomic E-state index is 5.81. The van der Waals surface area contributed by atoms with Gasteiger partial charge >= 0.3 is 0 Å². The lowest BCUT2D eigenvalue weighted by atomic mass is 10.2. The molecule has 1 aromatic carbocycles. The molecular formula is C14H12N2S2. The van der Waals surface area contributed by atoms with E-state index in [0.29, 0.717) is 0 Å². The zero-order chi connectivity index (χ0) is 12.5. The van der Waals surface area contributed by atoms with Crippen LogP contribution < -0.4 is 5.73 Å². The molecule has 2 heterocycles. The minimum Gasteiger partial charge on any atom is -0.399 e. The number of thiazole rings is 1. The maximum atomic E-state index is 5.81. The zero-order valence-electron chi connectivity index (χ0n) is 9.88. The Morgan fingerprint density at radius 1 is 1.17 bits per heavy atom. The van der Waals surface area contributed by atoms with Gasteiger partial charge in [-0.1, -0.05) is 18.2 Å². The van der Waals surface area contributed by atoms with Crippen molar-refractivity contribution in [2.75, 3.05) is 5.73 Å². The molecule has 0 saturated heterocycles. The molecule has 0 aliphatic carbocycles. The van der Waals surface area contributed by atoms with Gasteiger partial charge in [0.25, 0.3) is 0 Å². The second-order valence-electron chi connectivity index (χ2n) is 4.03. The van der Waals surface area contributed by atoms with E-state index in [4.69, 9.17) is 10.7 Å². The van der Waals surface area contributed by atoms with Crippen molar-refractivity contribution < 1.29 is 0 Å². The average molecular weight is 272 g/mol. The SMILES string of the molecule is Cc1sc(-c2cccc(N)c2)nc1-c1cccs1. The van der Waals surface area contributed by atoms with Gasteiger partial charge in [-0.3, -0.25) is 0 Å². The molecule has 18 heavy (non-hydrogen) atoms. The Labute approximate surface area is 114 Å². The Morgan fingerprint density at radius 2 is 2.06 bits per heavy atom. The summed E-state index contributed by atoms with van der Waals surface area (Å²) in [6.07, 6.45) is 0. The van der Waals surface area contributed by atoms with Gasteiger partial charge in [-0.15, -0.1) is 22.7 Å². The zero-order valence-corrected chi connectivity index (χ0v) is 11.5. The van der Waals surface area contributed by atoms with E-state index in [0.717, 1.165) is 22.0 Å². The normalized spacial score (nSPS) is 10.7. The van der Waals surface area contributed by atoms with Crippen LogP contribution in [0.5, 0.6) is 0 Å². The summed E-state index contributed by atoms with van der Waals surface area (Å²) in [5.41, 5.74) is 8.77. The molecule has 2 nitrogen and oxygen atoms in total.